The Bertz CT molecular complexity index is 991. The summed E-state index contributed by atoms with van der Waals surface area (Å²) in [7, 11) is 0. The number of hydrogen-bond acceptors (Lipinski definition) is 7. The standard InChI is InChI=1S/C22H27N5O2S/c1-15-7-11-27(12-8-15)10-4-9-23-21(28)22-25-20(26-29-22)18-6-3-5-17(13-18)19-14-30-16(2)24-19/h3,5-6,13-15H,4,7-12H2,1-2H3,(H,23,28). The molecule has 8 heteroatoms. The summed E-state index contributed by atoms with van der Waals surface area (Å²) < 4.78 is 5.19. The van der Waals surface area contributed by atoms with Gasteiger partial charge in [0, 0.05) is 23.1 Å². The number of thiazole rings is 1. The van der Waals surface area contributed by atoms with E-state index < -0.39 is 0 Å². The predicted molar refractivity (Wildman–Crippen MR) is 117 cm³/mol. The molecule has 1 aromatic carbocycles. The molecule has 0 spiro atoms. The molecule has 0 saturated carbocycles. The van der Waals surface area contributed by atoms with Gasteiger partial charge in [0.1, 0.15) is 0 Å². The van der Waals surface area contributed by atoms with Crippen LogP contribution in [0.25, 0.3) is 22.6 Å². The van der Waals surface area contributed by atoms with E-state index in [0.717, 1.165) is 53.8 Å². The van der Waals surface area contributed by atoms with Gasteiger partial charge in [0.05, 0.1) is 10.7 Å². The van der Waals surface area contributed by atoms with E-state index in [1.165, 1.54) is 12.8 Å². The highest BCUT2D eigenvalue weighted by molar-refractivity contribution is 7.09. The number of nitrogens with one attached hydrogen (secondary N) is 1. The lowest BCUT2D eigenvalue weighted by Gasteiger charge is -2.30. The van der Waals surface area contributed by atoms with Gasteiger partial charge in [0.2, 0.25) is 5.82 Å². The number of carbonyl (C=O) groups excluding carboxylic acids is 1. The Balaban J connectivity index is 1.31. The van der Waals surface area contributed by atoms with Crippen molar-refractivity contribution in [2.45, 2.75) is 33.1 Å². The Morgan fingerprint density at radius 2 is 2.07 bits per heavy atom. The molecule has 3 heterocycles. The van der Waals surface area contributed by atoms with Crippen molar-refractivity contribution >= 4 is 17.2 Å². The van der Waals surface area contributed by atoms with Gasteiger partial charge in [-0.2, -0.15) is 4.98 Å². The number of likely N-dealkylation sites (tertiary alicyclic amines) is 1. The topological polar surface area (TPSA) is 84.1 Å². The zero-order valence-electron chi connectivity index (χ0n) is 17.4. The second-order valence-electron chi connectivity index (χ2n) is 7.89. The lowest BCUT2D eigenvalue weighted by atomic mass is 9.99. The Kier molecular flexibility index (Phi) is 6.54. The molecule has 0 bridgehead atoms. The Hall–Kier alpha value is -2.58. The number of nitrogens with zero attached hydrogens (tertiary/aromatic N) is 4. The first-order valence-corrected chi connectivity index (χ1v) is 11.3. The third kappa shape index (κ3) is 5.12. The predicted octanol–water partition coefficient (Wildman–Crippen LogP) is 4.02. The van der Waals surface area contributed by atoms with E-state index in [1.807, 2.05) is 36.6 Å². The molecule has 0 atom stereocenters. The first-order chi connectivity index (χ1) is 14.6. The molecule has 1 aliphatic heterocycles. The van der Waals surface area contributed by atoms with Crippen LogP contribution in [0.4, 0.5) is 0 Å². The monoisotopic (exact) mass is 425 g/mol. The number of piperidine rings is 1. The second-order valence-corrected chi connectivity index (χ2v) is 8.95. The average molecular weight is 426 g/mol. The zero-order valence-corrected chi connectivity index (χ0v) is 18.2. The molecular formula is C22H27N5O2S. The number of carbonyl (C=O) groups is 1. The third-order valence-electron chi connectivity index (χ3n) is 5.47. The lowest BCUT2D eigenvalue weighted by Crippen LogP contribution is -2.35. The molecule has 7 nitrogen and oxygen atoms in total. The van der Waals surface area contributed by atoms with Crippen molar-refractivity contribution in [1.29, 1.82) is 0 Å². The van der Waals surface area contributed by atoms with Crippen LogP contribution in [0.3, 0.4) is 0 Å². The van der Waals surface area contributed by atoms with Crippen LogP contribution < -0.4 is 5.32 Å². The van der Waals surface area contributed by atoms with Crippen molar-refractivity contribution in [3.05, 3.63) is 40.5 Å². The van der Waals surface area contributed by atoms with Gasteiger partial charge in [-0.15, -0.1) is 11.3 Å². The number of amides is 1. The summed E-state index contributed by atoms with van der Waals surface area (Å²) in [4.78, 5) is 23.6. The molecule has 1 amide bonds. The number of rotatable bonds is 7. The maximum Gasteiger partial charge on any atom is 0.316 e. The smallest absolute Gasteiger partial charge is 0.316 e. The molecule has 158 valence electrons. The normalized spacial score (nSPS) is 15.4. The molecule has 2 aromatic heterocycles. The van der Waals surface area contributed by atoms with E-state index in [0.29, 0.717) is 12.4 Å². The number of benzene rings is 1. The summed E-state index contributed by atoms with van der Waals surface area (Å²) >= 11 is 1.61. The van der Waals surface area contributed by atoms with Gasteiger partial charge in [-0.25, -0.2) is 4.98 Å². The molecule has 1 N–H and O–H groups in total. The minimum absolute atomic E-state index is 0.00768. The molecule has 0 unspecified atom stereocenters. The van der Waals surface area contributed by atoms with Crippen molar-refractivity contribution in [1.82, 2.24) is 25.3 Å². The van der Waals surface area contributed by atoms with E-state index in [4.69, 9.17) is 4.52 Å². The van der Waals surface area contributed by atoms with E-state index >= 15 is 0 Å². The quantitative estimate of drug-likeness (QED) is 0.576. The van der Waals surface area contributed by atoms with Crippen LogP contribution in [-0.4, -0.2) is 52.1 Å². The second kappa shape index (κ2) is 9.49. The highest BCUT2D eigenvalue weighted by Gasteiger charge is 2.18. The van der Waals surface area contributed by atoms with E-state index in [-0.39, 0.29) is 11.8 Å². The maximum atomic E-state index is 12.3. The summed E-state index contributed by atoms with van der Waals surface area (Å²) in [6.07, 6.45) is 3.44. The van der Waals surface area contributed by atoms with Gasteiger partial charge in [-0.3, -0.25) is 4.79 Å². The molecule has 1 fully saturated rings. The third-order valence-corrected chi connectivity index (χ3v) is 6.24. The molecule has 1 saturated heterocycles. The van der Waals surface area contributed by atoms with Gasteiger partial charge in [0.15, 0.2) is 0 Å². The van der Waals surface area contributed by atoms with Gasteiger partial charge < -0.3 is 14.7 Å². The Morgan fingerprint density at radius 3 is 2.83 bits per heavy atom. The highest BCUT2D eigenvalue weighted by Crippen LogP contribution is 2.26. The molecule has 4 rings (SSSR count). The first-order valence-electron chi connectivity index (χ1n) is 10.5. The Morgan fingerprint density at radius 1 is 1.27 bits per heavy atom. The number of hydrogen-bond donors (Lipinski definition) is 1. The Labute approximate surface area is 180 Å². The van der Waals surface area contributed by atoms with Crippen molar-refractivity contribution < 1.29 is 9.32 Å². The van der Waals surface area contributed by atoms with Crippen LogP contribution in [0.2, 0.25) is 0 Å². The van der Waals surface area contributed by atoms with Crippen molar-refractivity contribution in [3.8, 4) is 22.6 Å². The number of aryl methyl sites for hydroxylation is 1. The van der Waals surface area contributed by atoms with Crippen LogP contribution in [0, 0.1) is 12.8 Å². The zero-order chi connectivity index (χ0) is 20.9. The molecule has 0 aliphatic carbocycles. The van der Waals surface area contributed by atoms with E-state index in [2.05, 4.69) is 32.3 Å². The van der Waals surface area contributed by atoms with Crippen LogP contribution in [0.5, 0.6) is 0 Å². The molecule has 0 radical (unpaired) electrons. The fraction of sp³-hybridized carbons (Fsp3) is 0.455. The lowest BCUT2D eigenvalue weighted by molar-refractivity contribution is 0.0907. The summed E-state index contributed by atoms with van der Waals surface area (Å²) in [5.74, 6) is 0.898. The summed E-state index contributed by atoms with van der Waals surface area (Å²) in [6.45, 7) is 8.21. The van der Waals surface area contributed by atoms with Crippen LogP contribution in [0.1, 0.15) is 41.9 Å². The summed E-state index contributed by atoms with van der Waals surface area (Å²) in [5, 5.41) is 9.90. The fourth-order valence-corrected chi connectivity index (χ4v) is 4.23. The van der Waals surface area contributed by atoms with E-state index in [1.54, 1.807) is 11.3 Å². The minimum atomic E-state index is -0.327. The summed E-state index contributed by atoms with van der Waals surface area (Å²) in [6, 6.07) is 7.78. The van der Waals surface area contributed by atoms with Gasteiger partial charge in [0.25, 0.3) is 0 Å². The number of aromatic nitrogens is 3. The SMILES string of the molecule is Cc1nc(-c2cccc(-c3noc(C(=O)NCCCN4CCC(C)CC4)n3)c2)cs1. The summed E-state index contributed by atoms with van der Waals surface area (Å²) in [5.41, 5.74) is 2.70. The molecular weight excluding hydrogens is 398 g/mol. The average Bonchev–Trinajstić information content (AvgIpc) is 3.42. The van der Waals surface area contributed by atoms with Crippen molar-refractivity contribution in [2.75, 3.05) is 26.2 Å². The van der Waals surface area contributed by atoms with Gasteiger partial charge >= 0.3 is 11.8 Å². The van der Waals surface area contributed by atoms with Crippen LogP contribution in [-0.2, 0) is 0 Å². The van der Waals surface area contributed by atoms with Crippen molar-refractivity contribution in [2.24, 2.45) is 5.92 Å². The largest absolute Gasteiger partial charge is 0.348 e. The molecule has 30 heavy (non-hydrogen) atoms. The minimum Gasteiger partial charge on any atom is -0.348 e. The fourth-order valence-electron chi connectivity index (χ4n) is 3.61. The van der Waals surface area contributed by atoms with Crippen LogP contribution in [0.15, 0.2) is 34.2 Å². The van der Waals surface area contributed by atoms with E-state index in [9.17, 15) is 4.79 Å². The van der Waals surface area contributed by atoms with Crippen LogP contribution >= 0.6 is 11.3 Å². The molecule has 3 aromatic rings. The first kappa shape index (κ1) is 20.7. The molecule has 1 aliphatic rings. The van der Waals surface area contributed by atoms with Gasteiger partial charge in [-0.05, 0) is 57.8 Å². The maximum absolute atomic E-state index is 12.3. The van der Waals surface area contributed by atoms with Crippen molar-refractivity contribution in [3.63, 3.8) is 0 Å². The highest BCUT2D eigenvalue weighted by atomic mass is 32.1. The van der Waals surface area contributed by atoms with Gasteiger partial charge in [-0.1, -0.05) is 30.3 Å².